The van der Waals surface area contributed by atoms with Crippen molar-refractivity contribution in [2.45, 2.75) is 52.4 Å². The van der Waals surface area contributed by atoms with Gasteiger partial charge in [0.2, 0.25) is 0 Å². The number of carboxylic acids is 1. The van der Waals surface area contributed by atoms with E-state index in [2.05, 4.69) is 19.2 Å². The van der Waals surface area contributed by atoms with E-state index < -0.39 is 17.7 Å². The fourth-order valence-corrected chi connectivity index (χ4v) is 5.37. The van der Waals surface area contributed by atoms with Gasteiger partial charge in [-0.2, -0.15) is 0 Å². The Morgan fingerprint density at radius 1 is 0.673 bits per heavy atom. The largest absolute Gasteiger partial charge is 0.478 e. The fourth-order valence-electron chi connectivity index (χ4n) is 5.37. The molecule has 0 saturated heterocycles. The summed E-state index contributed by atoms with van der Waals surface area (Å²) in [6, 6.07) is 31.6. The Labute approximate surface area is 286 Å². The number of ether oxygens (including phenoxy) is 1. The second-order valence-electron chi connectivity index (χ2n) is 11.8. The summed E-state index contributed by atoms with van der Waals surface area (Å²) < 4.78 is 19.8. The van der Waals surface area contributed by atoms with Gasteiger partial charge in [0, 0.05) is 22.5 Å². The topological polar surface area (TPSA) is 95.9 Å². The van der Waals surface area contributed by atoms with Crippen LogP contribution in [0.5, 0.6) is 11.5 Å². The number of carboxylic acid groups (broad SMARTS) is 1. The third kappa shape index (κ3) is 8.99. The lowest BCUT2D eigenvalue weighted by Gasteiger charge is -2.23. The van der Waals surface area contributed by atoms with Gasteiger partial charge in [-0.3, -0.25) is 14.5 Å². The van der Waals surface area contributed by atoms with E-state index in [0.717, 1.165) is 49.7 Å². The summed E-state index contributed by atoms with van der Waals surface area (Å²) in [4.78, 5) is 40.4. The summed E-state index contributed by atoms with van der Waals surface area (Å²) in [6.07, 6.45) is 6.16. The lowest BCUT2D eigenvalue weighted by molar-refractivity contribution is 0.0697. The SMILES string of the molecule is CCCCc1ccc(C(=O)Nc2ccc(Oc3ccc(N(C(=O)c4ccc(CCCC)cc4)c4ccc(F)cc4)cc3)cc2C(=O)O)cc1. The number of anilines is 3. The molecule has 5 aromatic carbocycles. The molecular formula is C41H39FN2O5. The number of nitrogens with one attached hydrogen (secondary N) is 1. The standard InChI is InChI=1S/C41H39FN2O5/c1-3-5-7-28-9-13-30(14-10-28)39(45)43-38-26-25-36(27-37(38)41(47)48)49-35-23-21-34(22-24-35)44(33-19-17-32(42)18-20-33)40(46)31-15-11-29(12-16-31)8-6-4-2/h9-27H,3-8H2,1-2H3,(H,43,45)(H,47,48). The Kier molecular flexibility index (Phi) is 11.6. The number of aromatic carboxylic acids is 1. The first-order valence-electron chi connectivity index (χ1n) is 16.5. The second kappa shape index (κ2) is 16.4. The number of unbranched alkanes of at least 4 members (excludes halogenated alkanes) is 2. The molecule has 0 unspecified atom stereocenters. The number of carbonyl (C=O) groups excluding carboxylic acids is 2. The van der Waals surface area contributed by atoms with Gasteiger partial charge in [-0.05, 0) is 128 Å². The number of benzene rings is 5. The average Bonchev–Trinajstić information content (AvgIpc) is 3.12. The van der Waals surface area contributed by atoms with Crippen LogP contribution in [0.4, 0.5) is 21.5 Å². The molecular weight excluding hydrogens is 619 g/mol. The van der Waals surface area contributed by atoms with E-state index in [4.69, 9.17) is 4.74 Å². The lowest BCUT2D eigenvalue weighted by atomic mass is 10.1. The average molecular weight is 659 g/mol. The van der Waals surface area contributed by atoms with Gasteiger partial charge in [-0.1, -0.05) is 51.0 Å². The summed E-state index contributed by atoms with van der Waals surface area (Å²) in [6.45, 7) is 4.26. The van der Waals surface area contributed by atoms with Crippen LogP contribution in [0.3, 0.4) is 0 Å². The fraction of sp³-hybridized carbons (Fsp3) is 0.195. The first-order chi connectivity index (χ1) is 23.7. The molecule has 0 radical (unpaired) electrons. The van der Waals surface area contributed by atoms with Crippen LogP contribution in [0.1, 0.15) is 81.7 Å². The molecule has 5 rings (SSSR count). The number of aryl methyl sites for hydroxylation is 2. The zero-order valence-corrected chi connectivity index (χ0v) is 27.6. The minimum absolute atomic E-state index is 0.129. The van der Waals surface area contributed by atoms with Gasteiger partial charge in [0.15, 0.2) is 0 Å². The first kappa shape index (κ1) is 34.6. The van der Waals surface area contributed by atoms with Crippen molar-refractivity contribution in [3.8, 4) is 11.5 Å². The molecule has 0 bridgehead atoms. The van der Waals surface area contributed by atoms with E-state index in [0.29, 0.717) is 28.3 Å². The number of hydrogen-bond donors (Lipinski definition) is 2. The van der Waals surface area contributed by atoms with Crippen molar-refractivity contribution in [1.82, 2.24) is 0 Å². The molecule has 0 aliphatic carbocycles. The molecule has 0 atom stereocenters. The van der Waals surface area contributed by atoms with Crippen LogP contribution >= 0.6 is 0 Å². The van der Waals surface area contributed by atoms with E-state index in [1.165, 1.54) is 29.2 Å². The summed E-state index contributed by atoms with van der Waals surface area (Å²) >= 11 is 0. The Balaban J connectivity index is 1.33. The maximum Gasteiger partial charge on any atom is 0.337 e. The minimum Gasteiger partial charge on any atom is -0.478 e. The van der Waals surface area contributed by atoms with Crippen LogP contribution < -0.4 is 15.0 Å². The van der Waals surface area contributed by atoms with Gasteiger partial charge < -0.3 is 15.2 Å². The molecule has 0 heterocycles. The third-order valence-electron chi connectivity index (χ3n) is 8.14. The molecule has 0 aliphatic heterocycles. The Morgan fingerprint density at radius 2 is 1.18 bits per heavy atom. The number of amides is 2. The normalized spacial score (nSPS) is 10.8. The van der Waals surface area contributed by atoms with Gasteiger partial charge in [0.25, 0.3) is 11.8 Å². The van der Waals surface area contributed by atoms with Gasteiger partial charge >= 0.3 is 5.97 Å². The van der Waals surface area contributed by atoms with Crippen molar-refractivity contribution in [2.24, 2.45) is 0 Å². The van der Waals surface area contributed by atoms with Crippen LogP contribution in [0, 0.1) is 5.82 Å². The molecule has 0 spiro atoms. The maximum atomic E-state index is 13.8. The van der Waals surface area contributed by atoms with E-state index in [-0.39, 0.29) is 22.9 Å². The predicted octanol–water partition coefficient (Wildman–Crippen LogP) is 10.2. The monoisotopic (exact) mass is 658 g/mol. The lowest BCUT2D eigenvalue weighted by Crippen LogP contribution is -2.26. The van der Waals surface area contributed by atoms with Crippen LogP contribution in [-0.4, -0.2) is 22.9 Å². The van der Waals surface area contributed by atoms with Crippen molar-refractivity contribution in [2.75, 3.05) is 10.2 Å². The Bertz CT molecular complexity index is 1890. The highest BCUT2D eigenvalue weighted by Gasteiger charge is 2.21. The minimum atomic E-state index is -1.22. The Morgan fingerprint density at radius 3 is 1.71 bits per heavy atom. The van der Waals surface area contributed by atoms with Gasteiger partial charge in [-0.15, -0.1) is 0 Å². The quantitative estimate of drug-likeness (QED) is 0.124. The van der Waals surface area contributed by atoms with E-state index in [1.807, 2.05) is 24.3 Å². The molecule has 2 amide bonds. The Hall–Kier alpha value is -5.76. The zero-order chi connectivity index (χ0) is 34.8. The van der Waals surface area contributed by atoms with Gasteiger partial charge in [-0.25, -0.2) is 9.18 Å². The van der Waals surface area contributed by atoms with Crippen molar-refractivity contribution >= 4 is 34.8 Å². The van der Waals surface area contributed by atoms with E-state index >= 15 is 0 Å². The number of hydrogen-bond acceptors (Lipinski definition) is 4. The van der Waals surface area contributed by atoms with Crippen LogP contribution in [-0.2, 0) is 12.8 Å². The summed E-state index contributed by atoms with van der Waals surface area (Å²) in [5.74, 6) is -1.69. The van der Waals surface area contributed by atoms with Gasteiger partial charge in [0.05, 0.1) is 11.3 Å². The molecule has 0 aromatic heterocycles. The molecule has 49 heavy (non-hydrogen) atoms. The molecule has 8 heteroatoms. The molecule has 5 aromatic rings. The van der Waals surface area contributed by atoms with Gasteiger partial charge in [0.1, 0.15) is 17.3 Å². The second-order valence-corrected chi connectivity index (χ2v) is 11.8. The van der Waals surface area contributed by atoms with E-state index in [1.54, 1.807) is 66.7 Å². The van der Waals surface area contributed by atoms with Crippen molar-refractivity contribution in [3.63, 3.8) is 0 Å². The highest BCUT2D eigenvalue weighted by Crippen LogP contribution is 2.32. The summed E-state index contributed by atoms with van der Waals surface area (Å²) in [5.41, 5.74) is 4.24. The molecule has 2 N–H and O–H groups in total. The first-order valence-corrected chi connectivity index (χ1v) is 16.5. The van der Waals surface area contributed by atoms with Crippen molar-refractivity contribution in [3.05, 3.63) is 149 Å². The third-order valence-corrected chi connectivity index (χ3v) is 8.14. The summed E-state index contributed by atoms with van der Waals surface area (Å²) in [7, 11) is 0. The van der Waals surface area contributed by atoms with Crippen LogP contribution in [0.2, 0.25) is 0 Å². The smallest absolute Gasteiger partial charge is 0.337 e. The highest BCUT2D eigenvalue weighted by atomic mass is 19.1. The summed E-state index contributed by atoms with van der Waals surface area (Å²) in [5, 5.41) is 12.6. The maximum absolute atomic E-state index is 13.8. The predicted molar refractivity (Wildman–Crippen MR) is 191 cm³/mol. The van der Waals surface area contributed by atoms with Crippen LogP contribution in [0.15, 0.2) is 115 Å². The number of nitrogens with zero attached hydrogens (tertiary/aromatic N) is 1. The van der Waals surface area contributed by atoms with Crippen molar-refractivity contribution < 1.29 is 28.6 Å². The highest BCUT2D eigenvalue weighted by molar-refractivity contribution is 6.11. The number of halogens is 1. The zero-order valence-electron chi connectivity index (χ0n) is 27.6. The molecule has 7 nitrogen and oxygen atoms in total. The van der Waals surface area contributed by atoms with Crippen molar-refractivity contribution in [1.29, 1.82) is 0 Å². The molecule has 0 fully saturated rings. The molecule has 0 aliphatic rings. The number of carbonyl (C=O) groups is 3. The van der Waals surface area contributed by atoms with E-state index in [9.17, 15) is 23.9 Å². The van der Waals surface area contributed by atoms with Crippen LogP contribution in [0.25, 0.3) is 0 Å². The molecule has 0 saturated carbocycles. The number of rotatable bonds is 14. The molecule has 250 valence electrons.